The summed E-state index contributed by atoms with van der Waals surface area (Å²) in [5.41, 5.74) is 1.94. The maximum Gasteiger partial charge on any atom is 0.256 e. The van der Waals surface area contributed by atoms with Crippen molar-refractivity contribution >= 4 is 33.8 Å². The van der Waals surface area contributed by atoms with Crippen LogP contribution in [0.3, 0.4) is 0 Å². The first-order valence-corrected chi connectivity index (χ1v) is 10.3. The lowest BCUT2D eigenvalue weighted by Gasteiger charge is -2.02. The van der Waals surface area contributed by atoms with Gasteiger partial charge in [0.1, 0.15) is 5.75 Å². The summed E-state index contributed by atoms with van der Waals surface area (Å²) in [6.45, 7) is 1.87. The average molecular weight is 437 g/mol. The Labute approximate surface area is 188 Å². The number of methoxy groups -OCH3 is 1. The number of hydrogen-bond acceptors (Lipinski definition) is 6. The van der Waals surface area contributed by atoms with E-state index < -0.39 is 0 Å². The summed E-state index contributed by atoms with van der Waals surface area (Å²) >= 11 is 0. The molecule has 5 rings (SSSR count). The van der Waals surface area contributed by atoms with Gasteiger partial charge in [0.25, 0.3) is 5.56 Å². The maximum atomic E-state index is 13.3. The van der Waals surface area contributed by atoms with Gasteiger partial charge in [-0.3, -0.25) is 9.59 Å². The number of H-pyrrole nitrogens is 1. The number of nitrogens with zero attached hydrogens (tertiary/aromatic N) is 2. The molecule has 0 bridgehead atoms. The van der Waals surface area contributed by atoms with Crippen LogP contribution < -0.4 is 15.7 Å². The van der Waals surface area contributed by atoms with E-state index in [1.54, 1.807) is 43.5 Å². The summed E-state index contributed by atoms with van der Waals surface area (Å²) in [5.74, 6) is 1.20. The van der Waals surface area contributed by atoms with Gasteiger partial charge in [0.05, 0.1) is 23.6 Å². The summed E-state index contributed by atoms with van der Waals surface area (Å²) in [4.78, 5) is 29.0. The molecule has 5 aromatic rings. The first-order valence-electron chi connectivity index (χ1n) is 10.3. The Kier molecular flexibility index (Phi) is 5.06. The first-order chi connectivity index (χ1) is 16.0. The summed E-state index contributed by atoms with van der Waals surface area (Å²) in [7, 11) is 1.61. The molecule has 0 unspecified atom stereocenters. The summed E-state index contributed by atoms with van der Waals surface area (Å²) in [6, 6.07) is 17.9. The summed E-state index contributed by atoms with van der Waals surface area (Å²) in [6.07, 6.45) is 3.50. The molecule has 7 heteroatoms. The van der Waals surface area contributed by atoms with Crippen LogP contribution in [0.4, 0.5) is 0 Å². The molecule has 0 fully saturated rings. The number of hydrogen-bond donors (Lipinski definition) is 1. The number of rotatable bonds is 4. The number of nitrogens with one attached hydrogen (secondary N) is 1. The van der Waals surface area contributed by atoms with Gasteiger partial charge < -0.3 is 14.1 Å². The van der Waals surface area contributed by atoms with Crippen molar-refractivity contribution in [1.29, 1.82) is 0 Å². The minimum atomic E-state index is -0.362. The molecule has 162 valence electrons. The fourth-order valence-corrected chi connectivity index (χ4v) is 3.85. The summed E-state index contributed by atoms with van der Waals surface area (Å²) < 4.78 is 11.2. The van der Waals surface area contributed by atoms with Crippen LogP contribution in [0, 0.1) is 6.92 Å². The molecule has 2 aromatic heterocycles. The molecule has 33 heavy (non-hydrogen) atoms. The highest BCUT2D eigenvalue weighted by Crippen LogP contribution is 2.27. The molecule has 0 aliphatic carbocycles. The van der Waals surface area contributed by atoms with Crippen LogP contribution in [0.1, 0.15) is 17.0 Å². The molecule has 0 radical (unpaired) electrons. The highest BCUT2D eigenvalue weighted by Gasteiger charge is 2.15. The summed E-state index contributed by atoms with van der Waals surface area (Å²) in [5, 5.41) is 9.33. The second-order valence-corrected chi connectivity index (χ2v) is 7.58. The van der Waals surface area contributed by atoms with Crippen LogP contribution >= 0.6 is 0 Å². The standard InChI is InChI=1S/C26H19N3O4/c1-15-13-19-23(27-25(31)18-9-5-4-8-17(18)24(19)30)20(14-15)26-29-28-22(33-26)12-11-16-7-3-6-10-21(16)32-2/h3-14H,1-2H3,(H,27,31)/b12-11+. The number of para-hydroxylation sites is 1. The third kappa shape index (κ3) is 3.70. The lowest BCUT2D eigenvalue weighted by atomic mass is 10.1. The van der Waals surface area contributed by atoms with Crippen LogP contribution in [-0.4, -0.2) is 22.3 Å². The third-order valence-electron chi connectivity index (χ3n) is 5.40. The van der Waals surface area contributed by atoms with Gasteiger partial charge >= 0.3 is 0 Å². The van der Waals surface area contributed by atoms with E-state index in [1.165, 1.54) is 0 Å². The molecule has 1 N–H and O–H groups in total. The van der Waals surface area contributed by atoms with Crippen molar-refractivity contribution < 1.29 is 9.15 Å². The molecule has 0 amide bonds. The van der Waals surface area contributed by atoms with E-state index in [2.05, 4.69) is 15.2 Å². The molecule has 0 aliphatic heterocycles. The zero-order valence-corrected chi connectivity index (χ0v) is 18.0. The SMILES string of the molecule is COc1ccccc1/C=C/c1nnc(-c2cc(C)cc3c(=O)c4ccccc4c(=O)[nH]c23)o1. The van der Waals surface area contributed by atoms with E-state index in [9.17, 15) is 9.59 Å². The van der Waals surface area contributed by atoms with Crippen molar-refractivity contribution in [2.75, 3.05) is 7.11 Å². The monoisotopic (exact) mass is 437 g/mol. The molecular weight excluding hydrogens is 418 g/mol. The van der Waals surface area contributed by atoms with Crippen LogP contribution in [-0.2, 0) is 0 Å². The van der Waals surface area contributed by atoms with Gasteiger partial charge in [0.15, 0.2) is 5.43 Å². The fourth-order valence-electron chi connectivity index (χ4n) is 3.85. The van der Waals surface area contributed by atoms with E-state index in [0.717, 1.165) is 16.9 Å². The number of fused-ring (bicyclic) bond motifs is 2. The van der Waals surface area contributed by atoms with Crippen molar-refractivity contribution in [3.05, 3.63) is 98.3 Å². The van der Waals surface area contributed by atoms with Crippen molar-refractivity contribution in [2.45, 2.75) is 6.92 Å². The molecule has 0 atom stereocenters. The van der Waals surface area contributed by atoms with Crippen molar-refractivity contribution in [1.82, 2.24) is 15.2 Å². The number of benzene rings is 3. The second kappa shape index (κ2) is 8.20. The smallest absolute Gasteiger partial charge is 0.256 e. The topological polar surface area (TPSA) is 98.1 Å². The van der Waals surface area contributed by atoms with E-state index in [0.29, 0.717) is 27.2 Å². The Bertz CT molecular complexity index is 1660. The number of aromatic amines is 1. The molecule has 3 aromatic carbocycles. The highest BCUT2D eigenvalue weighted by molar-refractivity contribution is 5.97. The fraction of sp³-hybridized carbons (Fsp3) is 0.0769. The molecule has 0 saturated carbocycles. The molecule has 2 heterocycles. The normalized spacial score (nSPS) is 11.5. The van der Waals surface area contributed by atoms with Gasteiger partial charge in [-0.05, 0) is 42.8 Å². The number of ether oxygens (including phenoxy) is 1. The van der Waals surface area contributed by atoms with Crippen LogP contribution in [0.25, 0.3) is 45.3 Å². The average Bonchev–Trinajstić information content (AvgIpc) is 3.28. The Morgan fingerprint density at radius 2 is 1.67 bits per heavy atom. The Morgan fingerprint density at radius 3 is 2.48 bits per heavy atom. The quantitative estimate of drug-likeness (QED) is 0.442. The number of aryl methyl sites for hydroxylation is 1. The minimum Gasteiger partial charge on any atom is -0.496 e. The minimum absolute atomic E-state index is 0.202. The Hall–Kier alpha value is -4.52. The van der Waals surface area contributed by atoms with Gasteiger partial charge in [0.2, 0.25) is 11.8 Å². The van der Waals surface area contributed by atoms with Crippen molar-refractivity contribution in [3.8, 4) is 17.2 Å². The second-order valence-electron chi connectivity index (χ2n) is 7.58. The van der Waals surface area contributed by atoms with Gasteiger partial charge in [-0.1, -0.05) is 36.4 Å². The van der Waals surface area contributed by atoms with Crippen molar-refractivity contribution in [3.63, 3.8) is 0 Å². The Morgan fingerprint density at radius 1 is 0.909 bits per heavy atom. The van der Waals surface area contributed by atoms with E-state index in [1.807, 2.05) is 43.3 Å². The molecule has 0 saturated heterocycles. The third-order valence-corrected chi connectivity index (χ3v) is 5.40. The van der Waals surface area contributed by atoms with Gasteiger partial charge in [-0.2, -0.15) is 0 Å². The van der Waals surface area contributed by atoms with Crippen molar-refractivity contribution in [2.24, 2.45) is 0 Å². The van der Waals surface area contributed by atoms with E-state index in [-0.39, 0.29) is 22.8 Å². The van der Waals surface area contributed by atoms with Crippen LogP contribution in [0.2, 0.25) is 0 Å². The molecule has 7 nitrogen and oxygen atoms in total. The molecule has 0 aliphatic rings. The van der Waals surface area contributed by atoms with E-state index >= 15 is 0 Å². The van der Waals surface area contributed by atoms with Gasteiger partial charge in [-0.25, -0.2) is 0 Å². The predicted molar refractivity (Wildman–Crippen MR) is 128 cm³/mol. The number of aromatic nitrogens is 3. The highest BCUT2D eigenvalue weighted by atomic mass is 16.5. The lowest BCUT2D eigenvalue weighted by molar-refractivity contribution is 0.414. The first kappa shape index (κ1) is 20.4. The van der Waals surface area contributed by atoms with Gasteiger partial charge in [0, 0.05) is 22.4 Å². The van der Waals surface area contributed by atoms with E-state index in [4.69, 9.17) is 9.15 Å². The van der Waals surface area contributed by atoms with Crippen LogP contribution in [0.15, 0.2) is 74.7 Å². The zero-order valence-electron chi connectivity index (χ0n) is 18.0. The Balaban J connectivity index is 1.67. The lowest BCUT2D eigenvalue weighted by Crippen LogP contribution is -2.02. The largest absolute Gasteiger partial charge is 0.496 e. The maximum absolute atomic E-state index is 13.3. The predicted octanol–water partition coefficient (Wildman–Crippen LogP) is 4.58. The molecule has 0 spiro atoms. The zero-order chi connectivity index (χ0) is 22.9. The van der Waals surface area contributed by atoms with Gasteiger partial charge in [-0.15, -0.1) is 10.2 Å². The van der Waals surface area contributed by atoms with Crippen LogP contribution in [0.5, 0.6) is 5.75 Å². The molecular formula is C26H19N3O4.